The van der Waals surface area contributed by atoms with Crippen LogP contribution in [0.1, 0.15) is 12.5 Å². The minimum atomic E-state index is -1.08. The predicted octanol–water partition coefficient (Wildman–Crippen LogP) is 2.06. The van der Waals surface area contributed by atoms with Crippen molar-refractivity contribution in [3.05, 3.63) is 35.7 Å². The molecule has 1 heterocycles. The summed E-state index contributed by atoms with van der Waals surface area (Å²) < 4.78 is 13.9. The number of halogens is 1. The van der Waals surface area contributed by atoms with E-state index in [1.54, 1.807) is 6.07 Å². The van der Waals surface area contributed by atoms with Crippen LogP contribution in [0, 0.1) is 5.82 Å². The molecule has 0 aliphatic carbocycles. The average molecular weight is 278 g/mol. The molecule has 2 rings (SSSR count). The fourth-order valence-corrected chi connectivity index (χ4v) is 2.39. The number of anilines is 1. The van der Waals surface area contributed by atoms with E-state index in [2.05, 4.69) is 23.8 Å². The van der Waals surface area contributed by atoms with Crippen LogP contribution in [-0.4, -0.2) is 48.7 Å². The fourth-order valence-electron chi connectivity index (χ4n) is 2.39. The third kappa shape index (κ3) is 3.17. The zero-order valence-corrected chi connectivity index (χ0v) is 11.7. The van der Waals surface area contributed by atoms with Gasteiger partial charge < -0.3 is 14.9 Å². The Hall–Kier alpha value is -1.88. The number of hydrogen-bond acceptors (Lipinski definition) is 3. The molecule has 0 amide bonds. The topological polar surface area (TPSA) is 43.8 Å². The van der Waals surface area contributed by atoms with E-state index >= 15 is 0 Å². The van der Waals surface area contributed by atoms with Gasteiger partial charge in [0.2, 0.25) is 0 Å². The van der Waals surface area contributed by atoms with E-state index in [0.717, 1.165) is 31.4 Å². The van der Waals surface area contributed by atoms with Gasteiger partial charge in [-0.05, 0) is 32.2 Å². The van der Waals surface area contributed by atoms with E-state index in [1.165, 1.54) is 12.1 Å². The molecule has 108 valence electrons. The van der Waals surface area contributed by atoms with E-state index in [1.807, 2.05) is 6.07 Å². The van der Waals surface area contributed by atoms with Crippen molar-refractivity contribution in [2.24, 2.45) is 0 Å². The maximum absolute atomic E-state index is 13.9. The maximum Gasteiger partial charge on any atom is 0.328 e. The molecule has 0 saturated carbocycles. The van der Waals surface area contributed by atoms with Crippen LogP contribution in [0.25, 0.3) is 6.08 Å². The van der Waals surface area contributed by atoms with Gasteiger partial charge in [0.05, 0.1) is 0 Å². The Labute approximate surface area is 118 Å². The van der Waals surface area contributed by atoms with Gasteiger partial charge in [-0.1, -0.05) is 6.07 Å². The monoisotopic (exact) mass is 278 g/mol. The molecule has 0 spiro atoms. The number of carboxylic acids is 1. The van der Waals surface area contributed by atoms with Crippen molar-refractivity contribution in [2.75, 3.05) is 31.6 Å². The Bertz CT molecular complexity index is 531. The molecule has 0 aromatic heterocycles. The van der Waals surface area contributed by atoms with E-state index in [0.29, 0.717) is 11.6 Å². The van der Waals surface area contributed by atoms with Crippen molar-refractivity contribution in [2.45, 2.75) is 13.0 Å². The lowest BCUT2D eigenvalue weighted by Crippen LogP contribution is -2.50. The number of benzene rings is 1. The third-order valence-electron chi connectivity index (χ3n) is 3.72. The molecular formula is C15H19FN2O2. The number of nitrogens with zero attached hydrogens (tertiary/aromatic N) is 2. The molecule has 1 atom stereocenters. The lowest BCUT2D eigenvalue weighted by Gasteiger charge is -2.39. The summed E-state index contributed by atoms with van der Waals surface area (Å²) in [5.74, 6) is -1.47. The van der Waals surface area contributed by atoms with Gasteiger partial charge in [-0.3, -0.25) is 0 Å². The minimum Gasteiger partial charge on any atom is -0.478 e. The highest BCUT2D eigenvalue weighted by atomic mass is 19.1. The van der Waals surface area contributed by atoms with Gasteiger partial charge >= 0.3 is 5.97 Å². The molecule has 0 bridgehead atoms. The Morgan fingerprint density at radius 3 is 2.85 bits per heavy atom. The van der Waals surface area contributed by atoms with Gasteiger partial charge in [0.1, 0.15) is 5.82 Å². The van der Waals surface area contributed by atoms with Crippen LogP contribution in [0.2, 0.25) is 0 Å². The van der Waals surface area contributed by atoms with Crippen LogP contribution in [0.4, 0.5) is 10.1 Å². The Morgan fingerprint density at radius 1 is 1.45 bits per heavy atom. The summed E-state index contributed by atoms with van der Waals surface area (Å²) in [6.45, 7) is 4.63. The molecule has 1 aliphatic rings. The third-order valence-corrected chi connectivity index (χ3v) is 3.72. The summed E-state index contributed by atoms with van der Waals surface area (Å²) in [4.78, 5) is 15.0. The first kappa shape index (κ1) is 14.5. The highest BCUT2D eigenvalue weighted by Crippen LogP contribution is 2.26. The molecule has 4 nitrogen and oxygen atoms in total. The summed E-state index contributed by atoms with van der Waals surface area (Å²) in [5, 5.41) is 8.71. The largest absolute Gasteiger partial charge is 0.478 e. The van der Waals surface area contributed by atoms with Gasteiger partial charge in [-0.15, -0.1) is 0 Å². The SMILES string of the molecule is CC1CN(c2cccc(F)c2/C=C/C(=O)O)CCN1C. The Balaban J connectivity index is 2.32. The van der Waals surface area contributed by atoms with E-state index in [4.69, 9.17) is 5.11 Å². The van der Waals surface area contributed by atoms with Crippen molar-refractivity contribution < 1.29 is 14.3 Å². The zero-order valence-electron chi connectivity index (χ0n) is 11.7. The molecule has 1 aromatic carbocycles. The highest BCUT2D eigenvalue weighted by molar-refractivity contribution is 5.87. The molecular weight excluding hydrogens is 259 g/mol. The summed E-state index contributed by atoms with van der Waals surface area (Å²) >= 11 is 0. The van der Waals surface area contributed by atoms with Crippen molar-refractivity contribution in [1.29, 1.82) is 0 Å². The lowest BCUT2D eigenvalue weighted by atomic mass is 10.1. The lowest BCUT2D eigenvalue weighted by molar-refractivity contribution is -0.131. The van der Waals surface area contributed by atoms with Crippen molar-refractivity contribution in [3.8, 4) is 0 Å². The standard InChI is InChI=1S/C15H19FN2O2/c1-11-10-18(9-8-17(11)2)14-5-3-4-13(16)12(14)6-7-15(19)20/h3-7,11H,8-10H2,1-2H3,(H,19,20)/b7-6+. The summed E-state index contributed by atoms with van der Waals surface area (Å²) in [7, 11) is 2.07. The zero-order chi connectivity index (χ0) is 14.7. The van der Waals surface area contributed by atoms with E-state index < -0.39 is 11.8 Å². The van der Waals surface area contributed by atoms with Crippen LogP contribution >= 0.6 is 0 Å². The van der Waals surface area contributed by atoms with Crippen LogP contribution in [-0.2, 0) is 4.79 Å². The van der Waals surface area contributed by atoms with Crippen molar-refractivity contribution in [3.63, 3.8) is 0 Å². The number of likely N-dealkylation sites (N-methyl/N-ethyl adjacent to an activating group) is 1. The molecule has 5 heteroatoms. The predicted molar refractivity (Wildman–Crippen MR) is 77.4 cm³/mol. The second-order valence-corrected chi connectivity index (χ2v) is 5.12. The van der Waals surface area contributed by atoms with Crippen molar-refractivity contribution >= 4 is 17.7 Å². The Kier molecular flexibility index (Phi) is 4.39. The molecule has 0 radical (unpaired) electrons. The first-order chi connectivity index (χ1) is 9.49. The van der Waals surface area contributed by atoms with Gasteiger partial charge in [0, 0.05) is 43.0 Å². The van der Waals surface area contributed by atoms with Gasteiger partial charge in [0.15, 0.2) is 0 Å². The van der Waals surface area contributed by atoms with Crippen LogP contribution in [0.3, 0.4) is 0 Å². The quantitative estimate of drug-likeness (QED) is 0.860. The highest BCUT2D eigenvalue weighted by Gasteiger charge is 2.22. The van der Waals surface area contributed by atoms with Crippen molar-refractivity contribution in [1.82, 2.24) is 4.90 Å². The number of piperazine rings is 1. The summed E-state index contributed by atoms with van der Waals surface area (Å²) in [6.07, 6.45) is 2.30. The Morgan fingerprint density at radius 2 is 2.20 bits per heavy atom. The number of rotatable bonds is 3. The first-order valence-electron chi connectivity index (χ1n) is 6.63. The van der Waals surface area contributed by atoms with Crippen LogP contribution in [0.5, 0.6) is 0 Å². The fraction of sp³-hybridized carbons (Fsp3) is 0.400. The molecule has 1 saturated heterocycles. The summed E-state index contributed by atoms with van der Waals surface area (Å²) in [6, 6.07) is 5.22. The number of aliphatic carboxylic acids is 1. The smallest absolute Gasteiger partial charge is 0.328 e. The summed E-state index contributed by atoms with van der Waals surface area (Å²) in [5.41, 5.74) is 1.09. The molecule has 1 N–H and O–H groups in total. The molecule has 20 heavy (non-hydrogen) atoms. The van der Waals surface area contributed by atoms with Crippen LogP contribution < -0.4 is 4.90 Å². The number of hydrogen-bond donors (Lipinski definition) is 1. The molecule has 1 unspecified atom stereocenters. The average Bonchev–Trinajstić information content (AvgIpc) is 2.40. The van der Waals surface area contributed by atoms with Gasteiger partial charge in [-0.25, -0.2) is 9.18 Å². The number of carbonyl (C=O) groups is 1. The maximum atomic E-state index is 13.9. The van der Waals surface area contributed by atoms with E-state index in [9.17, 15) is 9.18 Å². The van der Waals surface area contributed by atoms with Gasteiger partial charge in [0.25, 0.3) is 0 Å². The minimum absolute atomic E-state index is 0.339. The van der Waals surface area contributed by atoms with E-state index in [-0.39, 0.29) is 0 Å². The molecule has 1 aromatic rings. The first-order valence-corrected chi connectivity index (χ1v) is 6.63. The van der Waals surface area contributed by atoms with Crippen LogP contribution in [0.15, 0.2) is 24.3 Å². The normalized spacial score (nSPS) is 20.6. The second kappa shape index (κ2) is 6.05. The molecule has 1 aliphatic heterocycles. The second-order valence-electron chi connectivity index (χ2n) is 5.12. The number of carboxylic acid groups (broad SMARTS) is 1. The van der Waals surface area contributed by atoms with Gasteiger partial charge in [-0.2, -0.15) is 0 Å². The molecule has 1 fully saturated rings.